The van der Waals surface area contributed by atoms with Crippen LogP contribution in [0.1, 0.15) is 22.1 Å². The van der Waals surface area contributed by atoms with E-state index in [0.29, 0.717) is 19.6 Å². The number of aromatic nitrogens is 3. The molecule has 3 heterocycles. The van der Waals surface area contributed by atoms with Crippen molar-refractivity contribution < 1.29 is 9.90 Å². The van der Waals surface area contributed by atoms with Crippen LogP contribution in [-0.2, 0) is 24.4 Å². The summed E-state index contributed by atoms with van der Waals surface area (Å²) in [6, 6.07) is 1.53. The minimum Gasteiger partial charge on any atom is -0.480 e. The van der Waals surface area contributed by atoms with Crippen LogP contribution in [0.4, 0.5) is 0 Å². The van der Waals surface area contributed by atoms with Crippen molar-refractivity contribution in [1.82, 2.24) is 19.7 Å². The van der Waals surface area contributed by atoms with Crippen molar-refractivity contribution in [3.8, 4) is 0 Å². The number of carboxylic acid groups (broad SMARTS) is 1. The third-order valence-corrected chi connectivity index (χ3v) is 4.76. The summed E-state index contributed by atoms with van der Waals surface area (Å²) in [7, 11) is 0. The summed E-state index contributed by atoms with van der Waals surface area (Å²) in [6.45, 7) is 5.49. The predicted octanol–water partition coefficient (Wildman–Crippen LogP) is 1.43. The van der Waals surface area contributed by atoms with Crippen molar-refractivity contribution in [2.75, 3.05) is 0 Å². The Morgan fingerprint density at radius 3 is 2.95 bits per heavy atom. The van der Waals surface area contributed by atoms with Crippen LogP contribution in [0.15, 0.2) is 11.4 Å². The van der Waals surface area contributed by atoms with Gasteiger partial charge in [-0.1, -0.05) is 0 Å². The monoisotopic (exact) mass is 292 g/mol. The minimum atomic E-state index is -0.794. The maximum atomic E-state index is 11.5. The van der Waals surface area contributed by atoms with E-state index in [2.05, 4.69) is 23.2 Å². The molecule has 20 heavy (non-hydrogen) atoms. The zero-order chi connectivity index (χ0) is 14.3. The Kier molecular flexibility index (Phi) is 3.31. The van der Waals surface area contributed by atoms with Crippen LogP contribution in [0.2, 0.25) is 0 Å². The first kappa shape index (κ1) is 13.3. The average molecular weight is 292 g/mol. The number of hydrogen-bond acceptors (Lipinski definition) is 5. The molecule has 0 fully saturated rings. The molecule has 1 aliphatic rings. The summed E-state index contributed by atoms with van der Waals surface area (Å²) in [5.41, 5.74) is 1.21. The van der Waals surface area contributed by atoms with Gasteiger partial charge in [0.15, 0.2) is 0 Å². The first-order valence-corrected chi connectivity index (χ1v) is 7.32. The van der Waals surface area contributed by atoms with E-state index in [-0.39, 0.29) is 0 Å². The van der Waals surface area contributed by atoms with Crippen molar-refractivity contribution in [1.29, 1.82) is 0 Å². The molecule has 1 N–H and O–H groups in total. The van der Waals surface area contributed by atoms with Gasteiger partial charge in [0.1, 0.15) is 17.7 Å². The molecular formula is C13H16N4O2S. The topological polar surface area (TPSA) is 71.2 Å². The SMILES string of the molecule is Cc1ccsc1CN1Cc2nnc(C)n2CC1C(=O)O. The first-order valence-electron chi connectivity index (χ1n) is 6.44. The van der Waals surface area contributed by atoms with Gasteiger partial charge in [0.25, 0.3) is 0 Å². The molecule has 3 rings (SSSR count). The first-order chi connectivity index (χ1) is 9.56. The van der Waals surface area contributed by atoms with Gasteiger partial charge in [0, 0.05) is 11.4 Å². The molecular weight excluding hydrogens is 276 g/mol. The number of carbonyl (C=O) groups is 1. The van der Waals surface area contributed by atoms with Gasteiger partial charge in [0.2, 0.25) is 0 Å². The summed E-state index contributed by atoms with van der Waals surface area (Å²) in [4.78, 5) is 14.7. The van der Waals surface area contributed by atoms with Gasteiger partial charge in [-0.05, 0) is 30.9 Å². The second kappa shape index (κ2) is 4.99. The molecule has 0 amide bonds. The van der Waals surface area contributed by atoms with Gasteiger partial charge in [-0.25, -0.2) is 0 Å². The van der Waals surface area contributed by atoms with Gasteiger partial charge in [-0.3, -0.25) is 9.69 Å². The number of fused-ring (bicyclic) bond motifs is 1. The summed E-state index contributed by atoms with van der Waals surface area (Å²) in [5.74, 6) is 0.824. The lowest BCUT2D eigenvalue weighted by Gasteiger charge is -2.33. The molecule has 1 aliphatic heterocycles. The fourth-order valence-corrected chi connectivity index (χ4v) is 3.44. The molecule has 1 atom stereocenters. The zero-order valence-corrected chi connectivity index (χ0v) is 12.2. The summed E-state index contributed by atoms with van der Waals surface area (Å²) < 4.78 is 1.90. The third kappa shape index (κ3) is 2.23. The molecule has 106 valence electrons. The second-order valence-corrected chi connectivity index (χ2v) is 6.06. The van der Waals surface area contributed by atoms with Crippen LogP contribution < -0.4 is 0 Å². The van der Waals surface area contributed by atoms with Gasteiger partial charge >= 0.3 is 5.97 Å². The van der Waals surface area contributed by atoms with E-state index in [1.165, 1.54) is 10.4 Å². The summed E-state index contributed by atoms with van der Waals surface area (Å²) >= 11 is 1.67. The smallest absolute Gasteiger partial charge is 0.322 e. The Morgan fingerprint density at radius 1 is 1.50 bits per heavy atom. The molecule has 0 radical (unpaired) electrons. The lowest BCUT2D eigenvalue weighted by Crippen LogP contribution is -2.47. The molecule has 0 saturated carbocycles. The maximum Gasteiger partial charge on any atom is 0.322 e. The van der Waals surface area contributed by atoms with E-state index in [9.17, 15) is 9.90 Å². The van der Waals surface area contributed by atoms with E-state index in [1.54, 1.807) is 11.3 Å². The molecule has 2 aromatic heterocycles. The van der Waals surface area contributed by atoms with Crippen LogP contribution in [0.25, 0.3) is 0 Å². The zero-order valence-electron chi connectivity index (χ0n) is 11.4. The highest BCUT2D eigenvalue weighted by Crippen LogP contribution is 2.24. The number of thiophene rings is 1. The highest BCUT2D eigenvalue weighted by molar-refractivity contribution is 7.10. The van der Waals surface area contributed by atoms with Crippen molar-refractivity contribution in [2.24, 2.45) is 0 Å². The van der Waals surface area contributed by atoms with Crippen molar-refractivity contribution in [3.05, 3.63) is 33.5 Å². The molecule has 6 nitrogen and oxygen atoms in total. The minimum absolute atomic E-state index is 0.411. The van der Waals surface area contributed by atoms with E-state index in [4.69, 9.17) is 0 Å². The van der Waals surface area contributed by atoms with E-state index < -0.39 is 12.0 Å². The molecule has 7 heteroatoms. The third-order valence-electron chi connectivity index (χ3n) is 3.75. The Hall–Kier alpha value is -1.73. The molecule has 0 aromatic carbocycles. The van der Waals surface area contributed by atoms with Gasteiger partial charge < -0.3 is 9.67 Å². The number of nitrogens with zero attached hydrogens (tertiary/aromatic N) is 4. The fourth-order valence-electron chi connectivity index (χ4n) is 2.51. The lowest BCUT2D eigenvalue weighted by atomic mass is 10.1. The number of aliphatic carboxylic acids is 1. The molecule has 0 bridgehead atoms. The van der Waals surface area contributed by atoms with Crippen molar-refractivity contribution >= 4 is 17.3 Å². The van der Waals surface area contributed by atoms with Crippen LogP contribution in [-0.4, -0.2) is 36.8 Å². The Bertz CT molecular complexity index is 649. The largest absolute Gasteiger partial charge is 0.480 e. The quantitative estimate of drug-likeness (QED) is 0.926. The standard InChI is InChI=1S/C13H16N4O2S/c1-8-3-4-20-11(8)6-16-7-12-15-14-9(2)17(12)5-10(16)13(18)19/h3-4,10H,5-7H2,1-2H3,(H,18,19). The Morgan fingerprint density at radius 2 is 2.30 bits per heavy atom. The van der Waals surface area contributed by atoms with Crippen LogP contribution >= 0.6 is 11.3 Å². The number of carboxylic acids is 1. The van der Waals surface area contributed by atoms with Crippen LogP contribution in [0.3, 0.4) is 0 Å². The lowest BCUT2D eigenvalue weighted by molar-refractivity contribution is -0.145. The Balaban J connectivity index is 1.89. The molecule has 0 aliphatic carbocycles. The second-order valence-electron chi connectivity index (χ2n) is 5.06. The highest BCUT2D eigenvalue weighted by Gasteiger charge is 2.33. The van der Waals surface area contributed by atoms with Crippen molar-refractivity contribution in [3.63, 3.8) is 0 Å². The number of hydrogen-bond donors (Lipinski definition) is 1. The fraction of sp³-hybridized carbons (Fsp3) is 0.462. The number of aryl methyl sites for hydroxylation is 2. The summed E-state index contributed by atoms with van der Waals surface area (Å²) in [6.07, 6.45) is 0. The van der Waals surface area contributed by atoms with Gasteiger partial charge in [-0.15, -0.1) is 21.5 Å². The van der Waals surface area contributed by atoms with Crippen LogP contribution in [0.5, 0.6) is 0 Å². The average Bonchev–Trinajstić information content (AvgIpc) is 2.96. The maximum absolute atomic E-state index is 11.5. The van der Waals surface area contributed by atoms with E-state index in [0.717, 1.165) is 11.6 Å². The molecule has 1 unspecified atom stereocenters. The van der Waals surface area contributed by atoms with E-state index in [1.807, 2.05) is 21.8 Å². The highest BCUT2D eigenvalue weighted by atomic mass is 32.1. The molecule has 0 saturated heterocycles. The van der Waals surface area contributed by atoms with Gasteiger partial charge in [-0.2, -0.15) is 0 Å². The van der Waals surface area contributed by atoms with Crippen molar-refractivity contribution in [2.45, 2.75) is 39.5 Å². The molecule has 2 aromatic rings. The molecule has 0 spiro atoms. The summed E-state index contributed by atoms with van der Waals surface area (Å²) in [5, 5.41) is 19.7. The van der Waals surface area contributed by atoms with Gasteiger partial charge in [0.05, 0.1) is 13.1 Å². The number of rotatable bonds is 3. The normalized spacial score (nSPS) is 19.0. The van der Waals surface area contributed by atoms with Crippen LogP contribution in [0, 0.1) is 13.8 Å². The van der Waals surface area contributed by atoms with E-state index >= 15 is 0 Å². The Labute approximate surface area is 120 Å². The predicted molar refractivity (Wildman–Crippen MR) is 74.5 cm³/mol.